The normalized spacial score (nSPS) is 13.3. The van der Waals surface area contributed by atoms with Crippen LogP contribution in [0.4, 0.5) is 17.1 Å². The number of rotatable bonds is 3. The van der Waals surface area contributed by atoms with Gasteiger partial charge in [-0.1, -0.05) is 20.8 Å². The SMILES string of the molecule is CC(C)(C)C(=O)Nc1ccc(Nc2ccc3c(c2)OCCO3)cc1. The first-order chi connectivity index (χ1) is 11.4. The van der Waals surface area contributed by atoms with Gasteiger partial charge in [0.05, 0.1) is 0 Å². The number of anilines is 3. The molecule has 0 saturated heterocycles. The Balaban J connectivity index is 1.67. The molecule has 0 aromatic heterocycles. The zero-order valence-corrected chi connectivity index (χ0v) is 14.2. The third kappa shape index (κ3) is 3.79. The van der Waals surface area contributed by atoms with E-state index < -0.39 is 5.41 Å². The van der Waals surface area contributed by atoms with Gasteiger partial charge >= 0.3 is 0 Å². The fourth-order valence-electron chi connectivity index (χ4n) is 2.24. The Morgan fingerprint density at radius 2 is 1.46 bits per heavy atom. The van der Waals surface area contributed by atoms with Gasteiger partial charge in [0.1, 0.15) is 13.2 Å². The highest BCUT2D eigenvalue weighted by Crippen LogP contribution is 2.33. The number of hydrogen-bond donors (Lipinski definition) is 2. The minimum absolute atomic E-state index is 0.00459. The van der Waals surface area contributed by atoms with Gasteiger partial charge in [0, 0.05) is 28.5 Å². The first-order valence-corrected chi connectivity index (χ1v) is 8.00. The molecule has 1 amide bonds. The smallest absolute Gasteiger partial charge is 0.229 e. The average Bonchev–Trinajstić information content (AvgIpc) is 2.55. The van der Waals surface area contributed by atoms with Crippen LogP contribution in [0.25, 0.3) is 0 Å². The van der Waals surface area contributed by atoms with Crippen molar-refractivity contribution in [1.29, 1.82) is 0 Å². The van der Waals surface area contributed by atoms with Crippen molar-refractivity contribution in [3.8, 4) is 11.5 Å². The lowest BCUT2D eigenvalue weighted by molar-refractivity contribution is -0.123. The van der Waals surface area contributed by atoms with Gasteiger partial charge in [-0.15, -0.1) is 0 Å². The molecule has 0 spiro atoms. The largest absolute Gasteiger partial charge is 0.486 e. The second-order valence-electron chi connectivity index (χ2n) is 6.76. The van der Waals surface area contributed by atoms with Crippen LogP contribution in [0.5, 0.6) is 11.5 Å². The van der Waals surface area contributed by atoms with Crippen molar-refractivity contribution in [2.75, 3.05) is 23.8 Å². The van der Waals surface area contributed by atoms with Crippen LogP contribution < -0.4 is 20.1 Å². The summed E-state index contributed by atoms with van der Waals surface area (Å²) < 4.78 is 11.1. The Hall–Kier alpha value is -2.69. The van der Waals surface area contributed by atoms with Gasteiger partial charge in [-0.05, 0) is 36.4 Å². The van der Waals surface area contributed by atoms with E-state index in [1.807, 2.05) is 63.2 Å². The van der Waals surface area contributed by atoms with Crippen molar-refractivity contribution in [1.82, 2.24) is 0 Å². The fraction of sp³-hybridized carbons (Fsp3) is 0.316. The van der Waals surface area contributed by atoms with Crippen LogP contribution >= 0.6 is 0 Å². The van der Waals surface area contributed by atoms with Gasteiger partial charge in [-0.25, -0.2) is 0 Å². The van der Waals surface area contributed by atoms with Crippen LogP contribution in [0.3, 0.4) is 0 Å². The molecule has 2 aromatic carbocycles. The summed E-state index contributed by atoms with van der Waals surface area (Å²) in [4.78, 5) is 12.0. The highest BCUT2D eigenvalue weighted by Gasteiger charge is 2.21. The maximum atomic E-state index is 12.0. The summed E-state index contributed by atoms with van der Waals surface area (Å²) in [5.74, 6) is 1.52. The molecule has 126 valence electrons. The molecule has 0 aliphatic carbocycles. The number of amides is 1. The van der Waals surface area contributed by atoms with Crippen molar-refractivity contribution < 1.29 is 14.3 Å². The Morgan fingerprint density at radius 3 is 2.12 bits per heavy atom. The summed E-state index contributed by atoms with van der Waals surface area (Å²) in [6.45, 7) is 6.82. The van der Waals surface area contributed by atoms with E-state index in [0.717, 1.165) is 28.6 Å². The van der Waals surface area contributed by atoms with E-state index in [2.05, 4.69) is 10.6 Å². The molecule has 0 unspecified atom stereocenters. The molecular weight excluding hydrogens is 304 g/mol. The van der Waals surface area contributed by atoms with Gasteiger partial charge in [-0.3, -0.25) is 4.79 Å². The maximum absolute atomic E-state index is 12.0. The van der Waals surface area contributed by atoms with E-state index in [0.29, 0.717) is 13.2 Å². The van der Waals surface area contributed by atoms with Crippen LogP contribution in [-0.2, 0) is 4.79 Å². The first kappa shape index (κ1) is 16.2. The van der Waals surface area contributed by atoms with Gasteiger partial charge in [-0.2, -0.15) is 0 Å². The van der Waals surface area contributed by atoms with Gasteiger partial charge < -0.3 is 20.1 Å². The molecule has 1 heterocycles. The summed E-state index contributed by atoms with van der Waals surface area (Å²) in [6.07, 6.45) is 0. The molecule has 24 heavy (non-hydrogen) atoms. The monoisotopic (exact) mass is 326 g/mol. The molecule has 1 aliphatic heterocycles. The van der Waals surface area contributed by atoms with E-state index in [1.54, 1.807) is 0 Å². The minimum atomic E-state index is -0.415. The van der Waals surface area contributed by atoms with Crippen molar-refractivity contribution in [3.63, 3.8) is 0 Å². The lowest BCUT2D eigenvalue weighted by Crippen LogP contribution is -2.27. The summed E-state index contributed by atoms with van der Waals surface area (Å²) in [5.41, 5.74) is 2.22. The van der Waals surface area contributed by atoms with Crippen LogP contribution in [0.2, 0.25) is 0 Å². The Labute approximate surface area is 142 Å². The third-order valence-electron chi connectivity index (χ3n) is 3.65. The zero-order chi connectivity index (χ0) is 17.2. The number of fused-ring (bicyclic) bond motifs is 1. The van der Waals surface area contributed by atoms with Crippen molar-refractivity contribution in [2.24, 2.45) is 5.41 Å². The molecule has 0 radical (unpaired) electrons. The highest BCUT2D eigenvalue weighted by molar-refractivity contribution is 5.94. The van der Waals surface area contributed by atoms with Crippen LogP contribution in [0.15, 0.2) is 42.5 Å². The summed E-state index contributed by atoms with van der Waals surface area (Å²) in [7, 11) is 0. The molecule has 0 atom stereocenters. The number of carbonyl (C=O) groups is 1. The number of benzene rings is 2. The van der Waals surface area contributed by atoms with E-state index in [9.17, 15) is 4.79 Å². The van der Waals surface area contributed by atoms with Crippen molar-refractivity contribution in [2.45, 2.75) is 20.8 Å². The van der Waals surface area contributed by atoms with Gasteiger partial charge in [0.2, 0.25) is 5.91 Å². The second kappa shape index (κ2) is 6.43. The second-order valence-corrected chi connectivity index (χ2v) is 6.76. The predicted octanol–water partition coefficient (Wildman–Crippen LogP) is 4.19. The lowest BCUT2D eigenvalue weighted by atomic mass is 9.95. The molecule has 0 fully saturated rings. The molecule has 2 aromatic rings. The number of carbonyl (C=O) groups excluding carboxylic acids is 1. The predicted molar refractivity (Wildman–Crippen MR) is 95.2 cm³/mol. The Kier molecular flexibility index (Phi) is 4.34. The topological polar surface area (TPSA) is 59.6 Å². The van der Waals surface area contributed by atoms with Crippen molar-refractivity contribution in [3.05, 3.63) is 42.5 Å². The standard InChI is InChI=1S/C19H22N2O3/c1-19(2,3)18(22)21-14-6-4-13(5-7-14)20-15-8-9-16-17(12-15)24-11-10-23-16/h4-9,12,20H,10-11H2,1-3H3,(H,21,22). The van der Waals surface area contributed by atoms with E-state index >= 15 is 0 Å². The highest BCUT2D eigenvalue weighted by atomic mass is 16.6. The van der Waals surface area contributed by atoms with Crippen LogP contribution in [0, 0.1) is 5.41 Å². The van der Waals surface area contributed by atoms with Gasteiger partial charge in [0.15, 0.2) is 11.5 Å². The molecule has 5 nitrogen and oxygen atoms in total. The first-order valence-electron chi connectivity index (χ1n) is 8.00. The molecule has 0 bridgehead atoms. The number of hydrogen-bond acceptors (Lipinski definition) is 4. The molecule has 3 rings (SSSR count). The molecule has 2 N–H and O–H groups in total. The quantitative estimate of drug-likeness (QED) is 0.888. The van der Waals surface area contributed by atoms with E-state index in [4.69, 9.17) is 9.47 Å². The van der Waals surface area contributed by atoms with Gasteiger partial charge in [0.25, 0.3) is 0 Å². The summed E-state index contributed by atoms with van der Waals surface area (Å²) >= 11 is 0. The summed E-state index contributed by atoms with van der Waals surface area (Å²) in [6, 6.07) is 13.4. The number of nitrogens with one attached hydrogen (secondary N) is 2. The third-order valence-corrected chi connectivity index (χ3v) is 3.65. The lowest BCUT2D eigenvalue weighted by Gasteiger charge is -2.19. The molecule has 1 aliphatic rings. The van der Waals surface area contributed by atoms with E-state index in [-0.39, 0.29) is 5.91 Å². The number of ether oxygens (including phenoxy) is 2. The Morgan fingerprint density at radius 1 is 0.875 bits per heavy atom. The van der Waals surface area contributed by atoms with Crippen LogP contribution in [-0.4, -0.2) is 19.1 Å². The Bertz CT molecular complexity index is 733. The van der Waals surface area contributed by atoms with E-state index in [1.165, 1.54) is 0 Å². The van der Waals surface area contributed by atoms with Crippen molar-refractivity contribution >= 4 is 23.0 Å². The zero-order valence-electron chi connectivity index (χ0n) is 14.2. The average molecular weight is 326 g/mol. The molecule has 5 heteroatoms. The molecular formula is C19H22N2O3. The molecule has 0 saturated carbocycles. The minimum Gasteiger partial charge on any atom is -0.486 e. The maximum Gasteiger partial charge on any atom is 0.229 e. The van der Waals surface area contributed by atoms with Crippen LogP contribution in [0.1, 0.15) is 20.8 Å². The fourth-order valence-corrected chi connectivity index (χ4v) is 2.24. The summed E-state index contributed by atoms with van der Waals surface area (Å²) in [5, 5.41) is 6.23.